The van der Waals surface area contributed by atoms with E-state index in [9.17, 15) is 9.59 Å². The fraction of sp³-hybridized carbons (Fsp3) is 0.143. The third kappa shape index (κ3) is 2.66. The number of hydrogen-bond acceptors (Lipinski definition) is 4. The van der Waals surface area contributed by atoms with E-state index < -0.39 is 12.1 Å². The van der Waals surface area contributed by atoms with Crippen molar-refractivity contribution in [2.75, 3.05) is 0 Å². The molecule has 1 atom stereocenters. The minimum atomic E-state index is -0.955. The van der Waals surface area contributed by atoms with Gasteiger partial charge in [-0.15, -0.1) is 0 Å². The first-order valence-electron chi connectivity index (χ1n) is 5.47. The van der Waals surface area contributed by atoms with Crippen molar-refractivity contribution >= 4 is 11.8 Å². The Kier molecular flexibility index (Phi) is 3.57. The van der Waals surface area contributed by atoms with Crippen LogP contribution >= 0.6 is 0 Å². The Balaban J connectivity index is 2.30. The standard InChI is InChI=1S/C14H12O4/c1-10(15)18-14(12-7-8-17-9-12)13(16)11-5-3-2-4-6-11/h2-9,14H,1H3. The van der Waals surface area contributed by atoms with Crippen LogP contribution in [0.4, 0.5) is 0 Å². The summed E-state index contributed by atoms with van der Waals surface area (Å²) in [4.78, 5) is 23.3. The molecule has 92 valence electrons. The number of Topliss-reactive ketones (excluding diaryl/α,β-unsaturated/α-hetero) is 1. The Morgan fingerprint density at radius 3 is 2.44 bits per heavy atom. The van der Waals surface area contributed by atoms with Gasteiger partial charge in [0.25, 0.3) is 0 Å². The maximum Gasteiger partial charge on any atom is 0.303 e. The number of ketones is 1. The molecule has 0 amide bonds. The van der Waals surface area contributed by atoms with Crippen LogP contribution in [-0.2, 0) is 9.53 Å². The highest BCUT2D eigenvalue weighted by atomic mass is 16.5. The maximum atomic E-state index is 12.3. The minimum Gasteiger partial charge on any atom is -0.472 e. The number of ether oxygens (including phenoxy) is 1. The number of esters is 1. The van der Waals surface area contributed by atoms with Crippen LogP contribution in [0.25, 0.3) is 0 Å². The second-order valence-electron chi connectivity index (χ2n) is 3.78. The lowest BCUT2D eigenvalue weighted by Crippen LogP contribution is -2.18. The predicted molar refractivity (Wildman–Crippen MR) is 64.0 cm³/mol. The Bertz CT molecular complexity index is 528. The van der Waals surface area contributed by atoms with Crippen molar-refractivity contribution in [2.45, 2.75) is 13.0 Å². The van der Waals surface area contributed by atoms with Crippen LogP contribution in [0.3, 0.4) is 0 Å². The third-order valence-electron chi connectivity index (χ3n) is 2.43. The van der Waals surface area contributed by atoms with Gasteiger partial charge in [-0.2, -0.15) is 0 Å². The van der Waals surface area contributed by atoms with E-state index in [0.29, 0.717) is 11.1 Å². The van der Waals surface area contributed by atoms with Crippen molar-refractivity contribution in [3.05, 3.63) is 60.1 Å². The van der Waals surface area contributed by atoms with Crippen LogP contribution in [0.5, 0.6) is 0 Å². The van der Waals surface area contributed by atoms with Gasteiger partial charge < -0.3 is 9.15 Å². The van der Waals surface area contributed by atoms with E-state index in [2.05, 4.69) is 0 Å². The molecule has 0 saturated carbocycles. The molecule has 18 heavy (non-hydrogen) atoms. The molecule has 1 aromatic heterocycles. The Labute approximate surface area is 104 Å². The zero-order valence-corrected chi connectivity index (χ0v) is 9.83. The number of rotatable bonds is 4. The molecule has 1 aromatic carbocycles. The van der Waals surface area contributed by atoms with Crippen LogP contribution in [0, 0.1) is 0 Å². The van der Waals surface area contributed by atoms with Crippen molar-refractivity contribution in [1.82, 2.24) is 0 Å². The second-order valence-corrected chi connectivity index (χ2v) is 3.78. The number of furan rings is 1. The van der Waals surface area contributed by atoms with E-state index in [0.717, 1.165) is 0 Å². The molecular formula is C14H12O4. The lowest BCUT2D eigenvalue weighted by molar-refractivity contribution is -0.144. The molecule has 0 radical (unpaired) electrons. The first kappa shape index (κ1) is 12.1. The topological polar surface area (TPSA) is 56.5 Å². The zero-order valence-electron chi connectivity index (χ0n) is 9.83. The smallest absolute Gasteiger partial charge is 0.303 e. The van der Waals surface area contributed by atoms with Crippen molar-refractivity contribution in [3.8, 4) is 0 Å². The summed E-state index contributed by atoms with van der Waals surface area (Å²) < 4.78 is 9.98. The number of benzene rings is 1. The van der Waals surface area contributed by atoms with Gasteiger partial charge >= 0.3 is 5.97 Å². The molecule has 1 heterocycles. The van der Waals surface area contributed by atoms with Crippen LogP contribution in [0.1, 0.15) is 28.9 Å². The molecule has 4 heteroatoms. The molecule has 0 N–H and O–H groups in total. The summed E-state index contributed by atoms with van der Waals surface area (Å²) >= 11 is 0. The fourth-order valence-electron chi connectivity index (χ4n) is 1.62. The summed E-state index contributed by atoms with van der Waals surface area (Å²) in [6.45, 7) is 1.27. The van der Waals surface area contributed by atoms with E-state index >= 15 is 0 Å². The van der Waals surface area contributed by atoms with Gasteiger partial charge in [-0.1, -0.05) is 30.3 Å². The van der Waals surface area contributed by atoms with Gasteiger partial charge in [0.05, 0.1) is 12.5 Å². The fourth-order valence-corrected chi connectivity index (χ4v) is 1.62. The average molecular weight is 244 g/mol. The molecule has 0 saturated heterocycles. The second kappa shape index (κ2) is 5.31. The van der Waals surface area contributed by atoms with Gasteiger partial charge in [-0.25, -0.2) is 0 Å². The quantitative estimate of drug-likeness (QED) is 0.613. The zero-order chi connectivity index (χ0) is 13.0. The van der Waals surface area contributed by atoms with Gasteiger partial charge in [0, 0.05) is 18.1 Å². The number of carbonyl (C=O) groups excluding carboxylic acids is 2. The van der Waals surface area contributed by atoms with E-state index in [-0.39, 0.29) is 5.78 Å². The molecule has 0 aliphatic heterocycles. The largest absolute Gasteiger partial charge is 0.472 e. The first-order valence-corrected chi connectivity index (χ1v) is 5.47. The molecule has 2 rings (SSSR count). The van der Waals surface area contributed by atoms with Crippen LogP contribution in [0.2, 0.25) is 0 Å². The van der Waals surface area contributed by atoms with Crippen molar-refractivity contribution in [1.29, 1.82) is 0 Å². The van der Waals surface area contributed by atoms with Crippen molar-refractivity contribution in [3.63, 3.8) is 0 Å². The normalized spacial score (nSPS) is 11.8. The molecule has 0 spiro atoms. The highest BCUT2D eigenvalue weighted by Gasteiger charge is 2.25. The molecule has 1 unspecified atom stereocenters. The van der Waals surface area contributed by atoms with Crippen LogP contribution in [-0.4, -0.2) is 11.8 Å². The van der Waals surface area contributed by atoms with E-state index in [4.69, 9.17) is 9.15 Å². The Morgan fingerprint density at radius 1 is 1.17 bits per heavy atom. The monoisotopic (exact) mass is 244 g/mol. The first-order chi connectivity index (χ1) is 8.68. The number of hydrogen-bond donors (Lipinski definition) is 0. The highest BCUT2D eigenvalue weighted by molar-refractivity contribution is 6.00. The predicted octanol–water partition coefficient (Wildman–Crippen LogP) is 2.77. The van der Waals surface area contributed by atoms with Gasteiger partial charge in [-0.3, -0.25) is 9.59 Å². The lowest BCUT2D eigenvalue weighted by Gasteiger charge is -2.14. The van der Waals surface area contributed by atoms with E-state index in [1.165, 1.54) is 19.5 Å². The Morgan fingerprint density at radius 2 is 1.89 bits per heavy atom. The molecule has 0 aliphatic carbocycles. The summed E-state index contributed by atoms with van der Waals surface area (Å²) in [5.41, 5.74) is 1.02. The van der Waals surface area contributed by atoms with Gasteiger partial charge in [0.15, 0.2) is 6.10 Å². The van der Waals surface area contributed by atoms with Gasteiger partial charge in [0.1, 0.15) is 0 Å². The van der Waals surface area contributed by atoms with E-state index in [1.807, 2.05) is 6.07 Å². The van der Waals surface area contributed by atoms with Crippen molar-refractivity contribution in [2.24, 2.45) is 0 Å². The molecule has 0 fully saturated rings. The van der Waals surface area contributed by atoms with Gasteiger partial charge in [0.2, 0.25) is 5.78 Å². The van der Waals surface area contributed by atoms with Crippen LogP contribution in [0.15, 0.2) is 53.3 Å². The van der Waals surface area contributed by atoms with E-state index in [1.54, 1.807) is 30.3 Å². The summed E-state index contributed by atoms with van der Waals surface area (Å²) in [6.07, 6.45) is 1.88. The van der Waals surface area contributed by atoms with Gasteiger partial charge in [-0.05, 0) is 6.07 Å². The molecule has 2 aromatic rings. The number of carbonyl (C=O) groups is 2. The Hall–Kier alpha value is -2.36. The molecule has 0 bridgehead atoms. The summed E-state index contributed by atoms with van der Waals surface area (Å²) in [5.74, 6) is -0.780. The maximum absolute atomic E-state index is 12.3. The average Bonchev–Trinajstić information content (AvgIpc) is 2.89. The van der Waals surface area contributed by atoms with Crippen LogP contribution < -0.4 is 0 Å². The van der Waals surface area contributed by atoms with Crippen molar-refractivity contribution < 1.29 is 18.7 Å². The SMILES string of the molecule is CC(=O)OC(C(=O)c1ccccc1)c1ccoc1. The molecular weight excluding hydrogens is 232 g/mol. The summed E-state index contributed by atoms with van der Waals surface area (Å²) in [6, 6.07) is 10.3. The highest BCUT2D eigenvalue weighted by Crippen LogP contribution is 2.23. The summed E-state index contributed by atoms with van der Waals surface area (Å²) in [7, 11) is 0. The summed E-state index contributed by atoms with van der Waals surface area (Å²) in [5, 5.41) is 0. The third-order valence-corrected chi connectivity index (χ3v) is 2.43. The molecule has 4 nitrogen and oxygen atoms in total. The minimum absolute atomic E-state index is 0.271. The molecule has 0 aliphatic rings. The lowest BCUT2D eigenvalue weighted by atomic mass is 10.0.